The molecule has 0 saturated carbocycles. The Kier molecular flexibility index (Phi) is 9.02. The predicted octanol–water partition coefficient (Wildman–Crippen LogP) is 3.59. The molecule has 0 N–H and O–H groups in total. The van der Waals surface area contributed by atoms with Crippen molar-refractivity contribution in [1.29, 1.82) is 0 Å². The van der Waals surface area contributed by atoms with Gasteiger partial charge < -0.3 is 4.74 Å². The maximum Gasteiger partial charge on any atom is 0.0604 e. The number of ether oxygens (including phenoxy) is 1. The van der Waals surface area contributed by atoms with Crippen molar-refractivity contribution in [2.24, 2.45) is 0 Å². The molecule has 12 heavy (non-hydrogen) atoms. The Balaban J connectivity index is 3.19. The minimum atomic E-state index is 0.395. The van der Waals surface area contributed by atoms with Gasteiger partial charge in [0.2, 0.25) is 0 Å². The Hall–Kier alpha value is -0.0400. The van der Waals surface area contributed by atoms with E-state index in [2.05, 4.69) is 27.2 Å². The van der Waals surface area contributed by atoms with Gasteiger partial charge in [-0.2, -0.15) is 0 Å². The van der Waals surface area contributed by atoms with Gasteiger partial charge in [0.25, 0.3) is 0 Å². The van der Waals surface area contributed by atoms with Gasteiger partial charge in [-0.25, -0.2) is 0 Å². The van der Waals surface area contributed by atoms with Gasteiger partial charge in [-0.05, 0) is 19.8 Å². The van der Waals surface area contributed by atoms with Crippen molar-refractivity contribution in [3.8, 4) is 0 Å². The molecule has 0 spiro atoms. The van der Waals surface area contributed by atoms with Crippen molar-refractivity contribution in [3.05, 3.63) is 6.42 Å². The second kappa shape index (κ2) is 9.05. The predicted molar refractivity (Wildman–Crippen MR) is 54.1 cm³/mol. The molecule has 1 nitrogen and oxygen atoms in total. The highest BCUT2D eigenvalue weighted by atomic mass is 16.5. The summed E-state index contributed by atoms with van der Waals surface area (Å²) < 4.78 is 5.52. The van der Waals surface area contributed by atoms with Gasteiger partial charge in [0.05, 0.1) is 6.10 Å². The summed E-state index contributed by atoms with van der Waals surface area (Å²) in [6.45, 7) is 7.22. The molecule has 0 aromatic rings. The minimum absolute atomic E-state index is 0.395. The summed E-state index contributed by atoms with van der Waals surface area (Å²) in [4.78, 5) is 0. The van der Waals surface area contributed by atoms with E-state index in [0.717, 1.165) is 6.61 Å². The van der Waals surface area contributed by atoms with E-state index in [1.54, 1.807) is 0 Å². The Bertz CT molecular complexity index is 81.1. The lowest BCUT2D eigenvalue weighted by molar-refractivity contribution is 0.0776. The lowest BCUT2D eigenvalue weighted by Crippen LogP contribution is -2.11. The lowest BCUT2D eigenvalue weighted by Gasteiger charge is -2.13. The number of hydrogen-bond donors (Lipinski definition) is 0. The van der Waals surface area contributed by atoms with Crippen molar-refractivity contribution in [2.45, 2.75) is 59.0 Å². The monoisotopic (exact) mass is 171 g/mol. The van der Waals surface area contributed by atoms with Gasteiger partial charge in [0.15, 0.2) is 0 Å². The van der Waals surface area contributed by atoms with E-state index >= 15 is 0 Å². The van der Waals surface area contributed by atoms with Crippen LogP contribution in [0.2, 0.25) is 0 Å². The van der Waals surface area contributed by atoms with Crippen LogP contribution in [0.15, 0.2) is 0 Å². The summed E-state index contributed by atoms with van der Waals surface area (Å²) in [6.07, 6.45) is 9.10. The van der Waals surface area contributed by atoms with Crippen molar-refractivity contribution >= 4 is 0 Å². The second-order valence-electron chi connectivity index (χ2n) is 3.18. The number of unbranched alkanes of at least 4 members (excludes halogenated alkanes) is 3. The maximum atomic E-state index is 5.52. The summed E-state index contributed by atoms with van der Waals surface area (Å²) >= 11 is 0. The van der Waals surface area contributed by atoms with Crippen LogP contribution in [0.4, 0.5) is 0 Å². The molecule has 0 aliphatic rings. The van der Waals surface area contributed by atoms with Gasteiger partial charge >= 0.3 is 0 Å². The summed E-state index contributed by atoms with van der Waals surface area (Å²) in [5.41, 5.74) is 0. The molecule has 0 bridgehead atoms. The van der Waals surface area contributed by atoms with Crippen molar-refractivity contribution in [2.75, 3.05) is 6.61 Å². The third-order valence-electron chi connectivity index (χ3n) is 2.09. The Morgan fingerprint density at radius 1 is 1.17 bits per heavy atom. The molecule has 0 amide bonds. The minimum Gasteiger partial charge on any atom is -0.378 e. The molecule has 0 aliphatic carbocycles. The van der Waals surface area contributed by atoms with E-state index in [-0.39, 0.29) is 0 Å². The van der Waals surface area contributed by atoms with Crippen molar-refractivity contribution in [3.63, 3.8) is 0 Å². The van der Waals surface area contributed by atoms with Crippen LogP contribution in [0.25, 0.3) is 0 Å². The fourth-order valence-corrected chi connectivity index (χ4v) is 1.33. The topological polar surface area (TPSA) is 9.23 Å². The van der Waals surface area contributed by atoms with Crippen LogP contribution >= 0.6 is 0 Å². The summed E-state index contributed by atoms with van der Waals surface area (Å²) in [5.74, 6) is 0. The first kappa shape index (κ1) is 12.0. The molecule has 0 aliphatic heterocycles. The summed E-state index contributed by atoms with van der Waals surface area (Å²) in [7, 11) is 0. The normalized spacial score (nSPS) is 13.2. The molecule has 73 valence electrons. The maximum absolute atomic E-state index is 5.52. The van der Waals surface area contributed by atoms with Gasteiger partial charge in [0.1, 0.15) is 0 Å². The molecule has 0 saturated heterocycles. The molecule has 1 unspecified atom stereocenters. The summed E-state index contributed by atoms with van der Waals surface area (Å²) in [6, 6.07) is 0. The van der Waals surface area contributed by atoms with E-state index in [4.69, 9.17) is 4.74 Å². The van der Waals surface area contributed by atoms with Gasteiger partial charge in [-0.3, -0.25) is 0 Å². The molecule has 1 radical (unpaired) electrons. The molecular weight excluding hydrogens is 148 g/mol. The van der Waals surface area contributed by atoms with E-state index in [0.29, 0.717) is 6.10 Å². The van der Waals surface area contributed by atoms with Crippen LogP contribution in [0.5, 0.6) is 0 Å². The third-order valence-corrected chi connectivity index (χ3v) is 2.09. The molecule has 0 heterocycles. The third kappa shape index (κ3) is 6.66. The van der Waals surface area contributed by atoms with Crippen LogP contribution < -0.4 is 0 Å². The van der Waals surface area contributed by atoms with Gasteiger partial charge in [-0.1, -0.05) is 39.5 Å². The second-order valence-corrected chi connectivity index (χ2v) is 3.18. The molecule has 0 fully saturated rings. The van der Waals surface area contributed by atoms with Crippen LogP contribution in [0, 0.1) is 6.42 Å². The first-order chi connectivity index (χ1) is 5.85. The number of rotatable bonds is 8. The molecular formula is C11H23O. The number of hydrogen-bond acceptors (Lipinski definition) is 1. The fraction of sp³-hybridized carbons (Fsp3) is 0.909. The van der Waals surface area contributed by atoms with E-state index < -0.39 is 0 Å². The first-order valence-electron chi connectivity index (χ1n) is 5.26. The lowest BCUT2D eigenvalue weighted by atomic mass is 10.1. The van der Waals surface area contributed by atoms with Crippen LogP contribution in [-0.2, 0) is 4.74 Å². The van der Waals surface area contributed by atoms with Gasteiger partial charge in [0, 0.05) is 6.61 Å². The Morgan fingerprint density at radius 2 is 1.92 bits per heavy atom. The quantitative estimate of drug-likeness (QED) is 0.507. The van der Waals surface area contributed by atoms with Crippen LogP contribution in [0.3, 0.4) is 0 Å². The standard InChI is InChI=1S/C11H23O/c1-4-7-8-9-10-11(5-2)12-6-3/h5,11H,4,6-10H2,1-3H3. The largest absolute Gasteiger partial charge is 0.378 e. The van der Waals surface area contributed by atoms with Crippen LogP contribution in [0.1, 0.15) is 52.9 Å². The molecule has 0 aromatic carbocycles. The zero-order valence-corrected chi connectivity index (χ0v) is 8.81. The highest BCUT2D eigenvalue weighted by molar-refractivity contribution is 4.71. The fourth-order valence-electron chi connectivity index (χ4n) is 1.33. The average Bonchev–Trinajstić information content (AvgIpc) is 2.10. The van der Waals surface area contributed by atoms with E-state index in [1.807, 2.05) is 0 Å². The summed E-state index contributed by atoms with van der Waals surface area (Å²) in [5, 5.41) is 0. The Morgan fingerprint density at radius 3 is 2.42 bits per heavy atom. The zero-order valence-electron chi connectivity index (χ0n) is 8.81. The molecule has 0 rings (SSSR count). The average molecular weight is 171 g/mol. The van der Waals surface area contributed by atoms with E-state index in [1.165, 1.54) is 32.1 Å². The highest BCUT2D eigenvalue weighted by Gasteiger charge is 2.04. The molecule has 0 aromatic heterocycles. The van der Waals surface area contributed by atoms with E-state index in [9.17, 15) is 0 Å². The smallest absolute Gasteiger partial charge is 0.0604 e. The first-order valence-corrected chi connectivity index (χ1v) is 5.26. The van der Waals surface area contributed by atoms with Crippen molar-refractivity contribution < 1.29 is 4.74 Å². The van der Waals surface area contributed by atoms with Crippen LogP contribution in [-0.4, -0.2) is 12.7 Å². The zero-order chi connectivity index (χ0) is 9.23. The van der Waals surface area contributed by atoms with Gasteiger partial charge in [-0.15, -0.1) is 0 Å². The molecule has 1 heteroatoms. The van der Waals surface area contributed by atoms with Crippen molar-refractivity contribution in [1.82, 2.24) is 0 Å². The molecule has 1 atom stereocenters. The Labute approximate surface area is 77.5 Å². The highest BCUT2D eigenvalue weighted by Crippen LogP contribution is 2.09. The SMILES string of the molecule is C[CH]C(CCCCCC)OCC.